The van der Waals surface area contributed by atoms with Crippen LogP contribution in [0.15, 0.2) is 41.6 Å². The second kappa shape index (κ2) is 5.56. The van der Waals surface area contributed by atoms with Crippen LogP contribution in [0.25, 0.3) is 0 Å². The van der Waals surface area contributed by atoms with Gasteiger partial charge < -0.3 is 5.32 Å². The number of hydrogen-bond acceptors (Lipinski definition) is 5. The molecule has 0 amide bonds. The molecule has 1 heterocycles. The zero-order valence-electron chi connectivity index (χ0n) is 11.5. The Kier molecular flexibility index (Phi) is 4.01. The molecule has 1 N–H and O–H groups in total. The van der Waals surface area contributed by atoms with Gasteiger partial charge in [0.2, 0.25) is 10.0 Å². The highest BCUT2D eigenvalue weighted by Gasteiger charge is 2.16. The summed E-state index contributed by atoms with van der Waals surface area (Å²) in [5.41, 5.74) is 1.62. The maximum Gasteiger partial charge on any atom is 0.242 e. The minimum Gasteiger partial charge on any atom is -0.340 e. The Balaban J connectivity index is 2.21. The van der Waals surface area contributed by atoms with Gasteiger partial charge >= 0.3 is 0 Å². The van der Waals surface area contributed by atoms with Crippen molar-refractivity contribution in [3.63, 3.8) is 0 Å². The minimum absolute atomic E-state index is 0.256. The highest BCUT2D eigenvalue weighted by molar-refractivity contribution is 7.89. The predicted molar refractivity (Wildman–Crippen MR) is 77.4 cm³/mol. The topological polar surface area (TPSA) is 75.2 Å². The molecule has 2 aromatic rings. The standard InChI is InChI=1S/C13H16N4O2S/c1-10-8-13(15-9-14-10)16-11-4-6-12(7-5-11)20(18,19)17(2)3/h4-9H,1-3H3,(H,14,15,16). The van der Waals surface area contributed by atoms with Crippen LogP contribution in [0.2, 0.25) is 0 Å². The molecular formula is C13H16N4O2S. The van der Waals surface area contributed by atoms with E-state index >= 15 is 0 Å². The molecule has 106 valence electrons. The molecule has 0 atom stereocenters. The Morgan fingerprint density at radius 2 is 1.75 bits per heavy atom. The number of anilines is 2. The molecule has 0 spiro atoms. The molecule has 0 saturated heterocycles. The van der Waals surface area contributed by atoms with Crippen molar-refractivity contribution in [2.45, 2.75) is 11.8 Å². The van der Waals surface area contributed by atoms with Gasteiger partial charge in [-0.1, -0.05) is 0 Å². The zero-order valence-corrected chi connectivity index (χ0v) is 12.3. The maximum absolute atomic E-state index is 11.9. The van der Waals surface area contributed by atoms with Crippen LogP contribution in [0.1, 0.15) is 5.69 Å². The van der Waals surface area contributed by atoms with E-state index in [9.17, 15) is 8.42 Å². The third-order valence-electron chi connectivity index (χ3n) is 2.71. The predicted octanol–water partition coefficient (Wildman–Crippen LogP) is 1.78. The fourth-order valence-corrected chi connectivity index (χ4v) is 2.49. The van der Waals surface area contributed by atoms with Gasteiger partial charge in [-0.2, -0.15) is 0 Å². The summed E-state index contributed by atoms with van der Waals surface area (Å²) in [5, 5.41) is 3.09. The Hall–Kier alpha value is -1.99. The molecule has 0 aliphatic heterocycles. The van der Waals surface area contributed by atoms with E-state index in [0.29, 0.717) is 5.82 Å². The van der Waals surface area contributed by atoms with Gasteiger partial charge in [-0.3, -0.25) is 0 Å². The van der Waals surface area contributed by atoms with Gasteiger partial charge in [-0.05, 0) is 31.2 Å². The Labute approximate surface area is 118 Å². The number of benzene rings is 1. The van der Waals surface area contributed by atoms with Crippen LogP contribution in [0.3, 0.4) is 0 Å². The van der Waals surface area contributed by atoms with Gasteiger partial charge in [0.15, 0.2) is 0 Å². The van der Waals surface area contributed by atoms with Crippen molar-refractivity contribution in [3.8, 4) is 0 Å². The second-order valence-corrected chi connectivity index (χ2v) is 6.63. The normalized spacial score (nSPS) is 11.6. The minimum atomic E-state index is -3.39. The molecule has 0 unspecified atom stereocenters. The van der Waals surface area contributed by atoms with Crippen LogP contribution < -0.4 is 5.32 Å². The van der Waals surface area contributed by atoms with E-state index in [1.165, 1.54) is 24.7 Å². The molecule has 0 radical (unpaired) electrons. The van der Waals surface area contributed by atoms with E-state index in [0.717, 1.165) is 11.4 Å². The molecule has 0 fully saturated rings. The average molecular weight is 292 g/mol. The van der Waals surface area contributed by atoms with Gasteiger partial charge in [0.05, 0.1) is 4.90 Å². The number of nitrogens with one attached hydrogen (secondary N) is 1. The van der Waals surface area contributed by atoms with E-state index in [1.807, 2.05) is 13.0 Å². The molecule has 0 aliphatic rings. The van der Waals surface area contributed by atoms with Crippen molar-refractivity contribution in [1.29, 1.82) is 0 Å². The molecule has 1 aromatic carbocycles. The summed E-state index contributed by atoms with van der Waals surface area (Å²) in [6, 6.07) is 8.34. The molecule has 0 bridgehead atoms. The summed E-state index contributed by atoms with van der Waals surface area (Å²) in [7, 11) is -0.383. The van der Waals surface area contributed by atoms with Crippen molar-refractivity contribution < 1.29 is 8.42 Å². The maximum atomic E-state index is 11.9. The average Bonchev–Trinajstić information content (AvgIpc) is 2.39. The van der Waals surface area contributed by atoms with Gasteiger partial charge in [0.25, 0.3) is 0 Å². The third-order valence-corrected chi connectivity index (χ3v) is 4.54. The van der Waals surface area contributed by atoms with Gasteiger partial charge in [-0.25, -0.2) is 22.7 Å². The van der Waals surface area contributed by atoms with Crippen molar-refractivity contribution >= 4 is 21.5 Å². The first kappa shape index (κ1) is 14.4. The largest absolute Gasteiger partial charge is 0.340 e. The van der Waals surface area contributed by atoms with Crippen molar-refractivity contribution in [3.05, 3.63) is 42.4 Å². The lowest BCUT2D eigenvalue weighted by Crippen LogP contribution is -2.22. The van der Waals surface area contributed by atoms with Gasteiger partial charge in [0, 0.05) is 31.5 Å². The number of hydrogen-bond donors (Lipinski definition) is 1. The quantitative estimate of drug-likeness (QED) is 0.929. The molecule has 20 heavy (non-hydrogen) atoms. The van der Waals surface area contributed by atoms with E-state index in [-0.39, 0.29) is 4.90 Å². The van der Waals surface area contributed by atoms with Crippen molar-refractivity contribution in [2.75, 3.05) is 19.4 Å². The third kappa shape index (κ3) is 3.12. The highest BCUT2D eigenvalue weighted by atomic mass is 32.2. The van der Waals surface area contributed by atoms with Crippen LogP contribution in [-0.2, 0) is 10.0 Å². The summed E-state index contributed by atoms with van der Waals surface area (Å²) in [5.74, 6) is 0.667. The molecule has 6 nitrogen and oxygen atoms in total. The van der Waals surface area contributed by atoms with Crippen molar-refractivity contribution in [2.24, 2.45) is 0 Å². The van der Waals surface area contributed by atoms with Crippen LogP contribution in [0.4, 0.5) is 11.5 Å². The first-order valence-electron chi connectivity index (χ1n) is 5.98. The summed E-state index contributed by atoms with van der Waals surface area (Å²) >= 11 is 0. The Morgan fingerprint density at radius 1 is 1.10 bits per heavy atom. The second-order valence-electron chi connectivity index (χ2n) is 4.48. The van der Waals surface area contributed by atoms with Crippen LogP contribution >= 0.6 is 0 Å². The van der Waals surface area contributed by atoms with E-state index < -0.39 is 10.0 Å². The highest BCUT2D eigenvalue weighted by Crippen LogP contribution is 2.19. The Morgan fingerprint density at radius 3 is 2.30 bits per heavy atom. The van der Waals surface area contributed by atoms with Crippen LogP contribution in [-0.4, -0.2) is 36.8 Å². The fraction of sp³-hybridized carbons (Fsp3) is 0.231. The molecule has 7 heteroatoms. The van der Waals surface area contributed by atoms with Gasteiger partial charge in [-0.15, -0.1) is 0 Å². The lowest BCUT2D eigenvalue weighted by atomic mass is 10.3. The number of nitrogens with zero attached hydrogens (tertiary/aromatic N) is 3. The summed E-state index contributed by atoms with van der Waals surface area (Å²) < 4.78 is 25.0. The monoisotopic (exact) mass is 292 g/mol. The molecule has 0 aliphatic carbocycles. The molecule has 1 aromatic heterocycles. The number of rotatable bonds is 4. The number of sulfonamides is 1. The van der Waals surface area contributed by atoms with Gasteiger partial charge in [0.1, 0.15) is 12.1 Å². The molecule has 0 saturated carbocycles. The van der Waals surface area contributed by atoms with E-state index in [4.69, 9.17) is 0 Å². The number of aryl methyl sites for hydroxylation is 1. The Bertz CT molecular complexity index is 697. The lowest BCUT2D eigenvalue weighted by Gasteiger charge is -2.12. The summed E-state index contributed by atoms with van der Waals surface area (Å²) in [6.45, 7) is 1.87. The lowest BCUT2D eigenvalue weighted by molar-refractivity contribution is 0.521. The fourth-order valence-electron chi connectivity index (χ4n) is 1.59. The van der Waals surface area contributed by atoms with Crippen LogP contribution in [0.5, 0.6) is 0 Å². The summed E-state index contributed by atoms with van der Waals surface area (Å²) in [4.78, 5) is 8.35. The first-order chi connectivity index (χ1) is 9.39. The first-order valence-corrected chi connectivity index (χ1v) is 7.42. The number of aromatic nitrogens is 2. The van der Waals surface area contributed by atoms with Crippen LogP contribution in [0, 0.1) is 6.92 Å². The smallest absolute Gasteiger partial charge is 0.242 e. The molecule has 2 rings (SSSR count). The zero-order chi connectivity index (χ0) is 14.8. The molecular weight excluding hydrogens is 276 g/mol. The van der Waals surface area contributed by atoms with Crippen molar-refractivity contribution in [1.82, 2.24) is 14.3 Å². The SMILES string of the molecule is Cc1cc(Nc2ccc(S(=O)(=O)N(C)C)cc2)ncn1. The van der Waals surface area contributed by atoms with E-state index in [2.05, 4.69) is 15.3 Å². The van der Waals surface area contributed by atoms with E-state index in [1.54, 1.807) is 24.3 Å². The summed E-state index contributed by atoms with van der Waals surface area (Å²) in [6.07, 6.45) is 1.47.